The highest BCUT2D eigenvalue weighted by Gasteiger charge is 2.10. The number of unbranched alkanes of at least 4 members (excludes halogenated alkanes) is 8. The van der Waals surface area contributed by atoms with Crippen molar-refractivity contribution in [3.05, 3.63) is 29.3 Å². The maximum absolute atomic E-state index is 5.62. The quantitative estimate of drug-likeness (QED) is 0.333. The smallest absolute Gasteiger partial charge is 0.259 e. The Morgan fingerprint density at radius 1 is 0.875 bits per heavy atom. The predicted molar refractivity (Wildman–Crippen MR) is 109 cm³/mol. The van der Waals surface area contributed by atoms with Gasteiger partial charge < -0.3 is 10.5 Å². The van der Waals surface area contributed by atoms with Gasteiger partial charge >= 0.3 is 0 Å². The molecule has 2 nitrogen and oxygen atoms in total. The van der Waals surface area contributed by atoms with E-state index in [0.29, 0.717) is 0 Å². The molecular weight excluding hydrogens is 314 g/mol. The summed E-state index contributed by atoms with van der Waals surface area (Å²) in [7, 11) is 0. The molecule has 1 aromatic carbocycles. The van der Waals surface area contributed by atoms with Crippen molar-refractivity contribution in [1.82, 2.24) is 0 Å². The summed E-state index contributed by atoms with van der Waals surface area (Å²) in [6, 6.07) is 6.31. The van der Waals surface area contributed by atoms with Gasteiger partial charge in [0.2, 0.25) is 0 Å². The SMILES string of the molecule is CCCCCCCc1cccc(OC(N)=S)c1CCCCCCC. The Morgan fingerprint density at radius 3 is 2.04 bits per heavy atom. The van der Waals surface area contributed by atoms with E-state index in [4.69, 9.17) is 22.7 Å². The van der Waals surface area contributed by atoms with E-state index in [0.717, 1.165) is 18.6 Å². The summed E-state index contributed by atoms with van der Waals surface area (Å²) in [5.41, 5.74) is 8.33. The minimum Gasteiger partial charge on any atom is -0.432 e. The number of hydrogen-bond donors (Lipinski definition) is 1. The van der Waals surface area contributed by atoms with E-state index < -0.39 is 0 Å². The molecule has 0 aliphatic heterocycles. The molecule has 0 aromatic heterocycles. The van der Waals surface area contributed by atoms with Gasteiger partial charge in [0.05, 0.1) is 0 Å². The topological polar surface area (TPSA) is 35.2 Å². The van der Waals surface area contributed by atoms with E-state index in [9.17, 15) is 0 Å². The summed E-state index contributed by atoms with van der Waals surface area (Å²) >= 11 is 4.94. The van der Waals surface area contributed by atoms with Crippen LogP contribution >= 0.6 is 12.2 Å². The van der Waals surface area contributed by atoms with Gasteiger partial charge in [0, 0.05) is 0 Å². The monoisotopic (exact) mass is 349 g/mol. The number of ether oxygens (including phenoxy) is 1. The van der Waals surface area contributed by atoms with Crippen LogP contribution in [0, 0.1) is 0 Å². The van der Waals surface area contributed by atoms with Crippen LogP contribution in [0.4, 0.5) is 0 Å². The van der Waals surface area contributed by atoms with Crippen molar-refractivity contribution < 1.29 is 4.74 Å². The highest BCUT2D eigenvalue weighted by Crippen LogP contribution is 2.27. The molecule has 0 aliphatic rings. The van der Waals surface area contributed by atoms with Crippen molar-refractivity contribution in [2.75, 3.05) is 0 Å². The third-order valence-corrected chi connectivity index (χ3v) is 4.60. The largest absolute Gasteiger partial charge is 0.432 e. The second kappa shape index (κ2) is 13.2. The molecule has 3 heteroatoms. The fourth-order valence-corrected chi connectivity index (χ4v) is 3.25. The molecule has 0 saturated carbocycles. The summed E-state index contributed by atoms with van der Waals surface area (Å²) < 4.78 is 5.62. The number of hydrogen-bond acceptors (Lipinski definition) is 2. The Bertz CT molecular complexity index is 473. The number of thiocarbonyl (C=S) groups is 1. The number of aryl methyl sites for hydroxylation is 1. The Balaban J connectivity index is 2.66. The van der Waals surface area contributed by atoms with E-state index in [1.807, 2.05) is 6.07 Å². The Morgan fingerprint density at radius 2 is 1.46 bits per heavy atom. The van der Waals surface area contributed by atoms with Crippen LogP contribution in [-0.4, -0.2) is 5.17 Å². The molecule has 0 saturated heterocycles. The van der Waals surface area contributed by atoms with Gasteiger partial charge in [0.25, 0.3) is 5.17 Å². The zero-order valence-corrected chi connectivity index (χ0v) is 16.4. The van der Waals surface area contributed by atoms with Crippen LogP contribution in [0.5, 0.6) is 5.75 Å². The van der Waals surface area contributed by atoms with Crippen LogP contribution in [0.25, 0.3) is 0 Å². The minimum atomic E-state index is 0.113. The lowest BCUT2D eigenvalue weighted by atomic mass is 9.95. The van der Waals surface area contributed by atoms with E-state index in [-0.39, 0.29) is 5.17 Å². The van der Waals surface area contributed by atoms with Gasteiger partial charge in [-0.25, -0.2) is 0 Å². The highest BCUT2D eigenvalue weighted by molar-refractivity contribution is 7.80. The Labute approximate surface area is 154 Å². The maximum atomic E-state index is 5.62. The molecule has 24 heavy (non-hydrogen) atoms. The van der Waals surface area contributed by atoms with Gasteiger partial charge in [-0.05, 0) is 55.1 Å². The molecule has 0 unspecified atom stereocenters. The molecule has 0 atom stereocenters. The molecule has 0 aliphatic carbocycles. The van der Waals surface area contributed by atoms with E-state index in [1.165, 1.54) is 75.3 Å². The van der Waals surface area contributed by atoms with Gasteiger partial charge in [-0.3, -0.25) is 0 Å². The zero-order chi connectivity index (χ0) is 17.6. The third kappa shape index (κ3) is 8.68. The van der Waals surface area contributed by atoms with Crippen LogP contribution in [0.3, 0.4) is 0 Å². The molecule has 136 valence electrons. The van der Waals surface area contributed by atoms with Crippen molar-refractivity contribution in [3.63, 3.8) is 0 Å². The van der Waals surface area contributed by atoms with Crippen molar-refractivity contribution in [2.45, 2.75) is 90.9 Å². The van der Waals surface area contributed by atoms with E-state index in [2.05, 4.69) is 26.0 Å². The minimum absolute atomic E-state index is 0.113. The Hall–Kier alpha value is -1.09. The zero-order valence-electron chi connectivity index (χ0n) is 15.6. The molecule has 0 spiro atoms. The lowest BCUT2D eigenvalue weighted by Gasteiger charge is -2.15. The molecule has 1 rings (SSSR count). The normalized spacial score (nSPS) is 10.8. The highest BCUT2D eigenvalue weighted by atomic mass is 32.1. The van der Waals surface area contributed by atoms with Gasteiger partial charge in [-0.2, -0.15) is 0 Å². The van der Waals surface area contributed by atoms with E-state index in [1.54, 1.807) is 0 Å². The van der Waals surface area contributed by atoms with Crippen LogP contribution in [0.1, 0.15) is 89.2 Å². The predicted octanol–water partition coefficient (Wildman–Crippen LogP) is 6.33. The molecule has 0 bridgehead atoms. The van der Waals surface area contributed by atoms with Crippen molar-refractivity contribution in [1.29, 1.82) is 0 Å². The lowest BCUT2D eigenvalue weighted by molar-refractivity contribution is 0.540. The van der Waals surface area contributed by atoms with Gasteiger partial charge in [0.15, 0.2) is 0 Å². The van der Waals surface area contributed by atoms with Crippen molar-refractivity contribution in [2.24, 2.45) is 5.73 Å². The first-order chi connectivity index (χ1) is 11.7. The van der Waals surface area contributed by atoms with Crippen LogP contribution in [0.2, 0.25) is 0 Å². The van der Waals surface area contributed by atoms with Crippen LogP contribution < -0.4 is 10.5 Å². The lowest BCUT2D eigenvalue weighted by Crippen LogP contribution is -2.17. The molecule has 0 heterocycles. The molecular formula is C21H35NOS. The third-order valence-electron chi connectivity index (χ3n) is 4.52. The molecule has 0 amide bonds. The Kier molecular flexibility index (Phi) is 11.5. The second-order valence-corrected chi connectivity index (χ2v) is 7.05. The fourth-order valence-electron chi connectivity index (χ4n) is 3.16. The average Bonchev–Trinajstić information content (AvgIpc) is 2.55. The first-order valence-corrected chi connectivity index (χ1v) is 10.2. The average molecular weight is 350 g/mol. The van der Waals surface area contributed by atoms with Gasteiger partial charge in [-0.15, -0.1) is 0 Å². The number of nitrogens with two attached hydrogens (primary N) is 1. The fraction of sp³-hybridized carbons (Fsp3) is 0.667. The first-order valence-electron chi connectivity index (χ1n) is 9.77. The maximum Gasteiger partial charge on any atom is 0.259 e. The number of rotatable bonds is 13. The summed E-state index contributed by atoms with van der Waals surface area (Å²) in [5, 5.41) is 0.113. The van der Waals surface area contributed by atoms with Gasteiger partial charge in [0.1, 0.15) is 5.75 Å². The summed E-state index contributed by atoms with van der Waals surface area (Å²) in [5.74, 6) is 0.865. The molecule has 0 radical (unpaired) electrons. The van der Waals surface area contributed by atoms with Crippen molar-refractivity contribution >= 4 is 17.4 Å². The van der Waals surface area contributed by atoms with Crippen LogP contribution in [0.15, 0.2) is 18.2 Å². The van der Waals surface area contributed by atoms with E-state index >= 15 is 0 Å². The summed E-state index contributed by atoms with van der Waals surface area (Å²) in [4.78, 5) is 0. The van der Waals surface area contributed by atoms with Gasteiger partial charge in [-0.1, -0.05) is 77.3 Å². The standard InChI is InChI=1S/C21H35NOS/c1-3-5-7-9-11-14-18-15-13-17-20(23-21(22)24)19(18)16-12-10-8-6-4-2/h13,15,17H,3-12,14,16H2,1-2H3,(H2,22,24). The first kappa shape index (κ1) is 21.0. The summed E-state index contributed by atoms with van der Waals surface area (Å²) in [6.45, 7) is 4.51. The second-order valence-electron chi connectivity index (χ2n) is 6.64. The molecule has 2 N–H and O–H groups in total. The molecule has 1 aromatic rings. The summed E-state index contributed by atoms with van der Waals surface area (Å²) in [6.07, 6.45) is 15.1. The van der Waals surface area contributed by atoms with Crippen LogP contribution in [-0.2, 0) is 12.8 Å². The number of benzene rings is 1. The van der Waals surface area contributed by atoms with Crippen molar-refractivity contribution in [3.8, 4) is 5.75 Å². The molecule has 0 fully saturated rings.